The molecule has 0 aromatic heterocycles. The molecule has 2 rings (SSSR count). The van der Waals surface area contributed by atoms with Crippen molar-refractivity contribution in [1.82, 2.24) is 0 Å². The summed E-state index contributed by atoms with van der Waals surface area (Å²) < 4.78 is 17.0. The molecule has 1 aliphatic heterocycles. The van der Waals surface area contributed by atoms with Crippen LogP contribution in [0.25, 0.3) is 0 Å². The fraction of sp³-hybridized carbons (Fsp3) is 0.600. The number of ether oxygens (including phenoxy) is 3. The lowest BCUT2D eigenvalue weighted by Crippen LogP contribution is -2.21. The first-order valence-corrected chi connectivity index (χ1v) is 7.39. The highest BCUT2D eigenvalue weighted by Gasteiger charge is 2.17. The zero-order valence-corrected chi connectivity index (χ0v) is 12.1. The van der Waals surface area contributed by atoms with Crippen molar-refractivity contribution in [3.8, 4) is 11.5 Å². The molecule has 0 amide bonds. The summed E-state index contributed by atoms with van der Waals surface area (Å²) in [6.07, 6.45) is 2.13. The molecule has 1 fully saturated rings. The molecule has 0 bridgehead atoms. The van der Waals surface area contributed by atoms with Crippen LogP contribution in [0.2, 0.25) is 0 Å². The van der Waals surface area contributed by atoms with E-state index >= 15 is 0 Å². The van der Waals surface area contributed by atoms with Gasteiger partial charge in [-0.3, -0.25) is 0 Å². The van der Waals surface area contributed by atoms with Gasteiger partial charge in [0.2, 0.25) is 0 Å². The van der Waals surface area contributed by atoms with Crippen LogP contribution in [0.4, 0.5) is 0 Å². The van der Waals surface area contributed by atoms with Crippen molar-refractivity contribution in [3.63, 3.8) is 0 Å². The van der Waals surface area contributed by atoms with Gasteiger partial charge < -0.3 is 14.2 Å². The summed E-state index contributed by atoms with van der Waals surface area (Å²) in [5.74, 6) is 2.58. The van der Waals surface area contributed by atoms with Crippen LogP contribution >= 0.6 is 11.6 Å². The largest absolute Gasteiger partial charge is 0.490 e. The number of benzene rings is 1. The van der Waals surface area contributed by atoms with E-state index in [0.29, 0.717) is 25.0 Å². The Morgan fingerprint density at radius 3 is 2.74 bits per heavy atom. The second-order valence-corrected chi connectivity index (χ2v) is 4.95. The van der Waals surface area contributed by atoms with Gasteiger partial charge in [0.1, 0.15) is 0 Å². The first-order valence-electron chi connectivity index (χ1n) is 6.86. The minimum Gasteiger partial charge on any atom is -0.490 e. The van der Waals surface area contributed by atoms with Gasteiger partial charge in [0, 0.05) is 18.8 Å². The Morgan fingerprint density at radius 2 is 2.05 bits per heavy atom. The van der Waals surface area contributed by atoms with Crippen molar-refractivity contribution < 1.29 is 14.2 Å². The molecule has 0 aliphatic carbocycles. The molecule has 1 aliphatic rings. The van der Waals surface area contributed by atoms with E-state index in [9.17, 15) is 0 Å². The summed E-state index contributed by atoms with van der Waals surface area (Å²) in [5, 5.41) is 0. The van der Waals surface area contributed by atoms with E-state index in [1.165, 1.54) is 0 Å². The SMILES string of the molecule is CCOc1cccc(CCl)c1OCC1CCOCC1. The second-order valence-electron chi connectivity index (χ2n) is 4.68. The van der Waals surface area contributed by atoms with Gasteiger partial charge in [-0.05, 0) is 31.7 Å². The first kappa shape index (κ1) is 14.5. The van der Waals surface area contributed by atoms with Crippen molar-refractivity contribution >= 4 is 11.6 Å². The van der Waals surface area contributed by atoms with Crippen LogP contribution in [0.3, 0.4) is 0 Å². The number of halogens is 1. The Kier molecular flexibility index (Phi) is 5.80. The van der Waals surface area contributed by atoms with Gasteiger partial charge in [0.05, 0.1) is 19.1 Å². The number of alkyl halides is 1. The molecule has 0 unspecified atom stereocenters. The third kappa shape index (κ3) is 4.02. The predicted octanol–water partition coefficient (Wildman–Crippen LogP) is 3.63. The Bertz CT molecular complexity index is 389. The predicted molar refractivity (Wildman–Crippen MR) is 76.2 cm³/mol. The highest BCUT2D eigenvalue weighted by Crippen LogP contribution is 2.33. The maximum Gasteiger partial charge on any atom is 0.165 e. The summed E-state index contributed by atoms with van der Waals surface area (Å²) in [6.45, 7) is 4.97. The smallest absolute Gasteiger partial charge is 0.165 e. The van der Waals surface area contributed by atoms with Gasteiger partial charge in [0.25, 0.3) is 0 Å². The summed E-state index contributed by atoms with van der Waals surface area (Å²) in [4.78, 5) is 0. The van der Waals surface area contributed by atoms with E-state index in [4.69, 9.17) is 25.8 Å². The van der Waals surface area contributed by atoms with Crippen molar-refractivity contribution in [2.75, 3.05) is 26.4 Å². The van der Waals surface area contributed by atoms with Crippen LogP contribution in [0.5, 0.6) is 11.5 Å². The number of hydrogen-bond acceptors (Lipinski definition) is 3. The normalized spacial score (nSPS) is 16.3. The average Bonchev–Trinajstić information content (AvgIpc) is 2.47. The topological polar surface area (TPSA) is 27.7 Å². The number of rotatable bonds is 6. The van der Waals surface area contributed by atoms with Crippen LogP contribution in [0.15, 0.2) is 18.2 Å². The van der Waals surface area contributed by atoms with Gasteiger partial charge in [-0.15, -0.1) is 11.6 Å². The number of para-hydroxylation sites is 1. The van der Waals surface area contributed by atoms with Crippen molar-refractivity contribution in [2.45, 2.75) is 25.6 Å². The lowest BCUT2D eigenvalue weighted by molar-refractivity contribution is 0.0491. The molecule has 0 spiro atoms. The summed E-state index contributed by atoms with van der Waals surface area (Å²) in [7, 11) is 0. The van der Waals surface area contributed by atoms with E-state index in [1.807, 2.05) is 25.1 Å². The molecule has 0 saturated carbocycles. The van der Waals surface area contributed by atoms with E-state index in [1.54, 1.807) is 0 Å². The lowest BCUT2D eigenvalue weighted by Gasteiger charge is -2.23. The Labute approximate surface area is 119 Å². The fourth-order valence-electron chi connectivity index (χ4n) is 2.21. The van der Waals surface area contributed by atoms with Crippen LogP contribution in [0, 0.1) is 5.92 Å². The molecular formula is C15H21ClO3. The van der Waals surface area contributed by atoms with Gasteiger partial charge in [0.15, 0.2) is 11.5 Å². The lowest BCUT2D eigenvalue weighted by atomic mass is 10.0. The molecular weight excluding hydrogens is 264 g/mol. The summed E-state index contributed by atoms with van der Waals surface area (Å²) in [5.41, 5.74) is 0.986. The van der Waals surface area contributed by atoms with Crippen LogP contribution in [-0.4, -0.2) is 26.4 Å². The van der Waals surface area contributed by atoms with Crippen molar-refractivity contribution in [2.24, 2.45) is 5.92 Å². The van der Waals surface area contributed by atoms with Crippen molar-refractivity contribution in [3.05, 3.63) is 23.8 Å². The molecule has 4 heteroatoms. The molecule has 0 atom stereocenters. The number of hydrogen-bond donors (Lipinski definition) is 0. The first-order chi connectivity index (χ1) is 9.35. The van der Waals surface area contributed by atoms with E-state index in [-0.39, 0.29) is 0 Å². The minimum absolute atomic E-state index is 0.435. The van der Waals surface area contributed by atoms with Crippen molar-refractivity contribution in [1.29, 1.82) is 0 Å². The highest BCUT2D eigenvalue weighted by atomic mass is 35.5. The van der Waals surface area contributed by atoms with Gasteiger partial charge >= 0.3 is 0 Å². The second kappa shape index (κ2) is 7.61. The van der Waals surface area contributed by atoms with Crippen LogP contribution in [0.1, 0.15) is 25.3 Å². The average molecular weight is 285 g/mol. The van der Waals surface area contributed by atoms with Gasteiger partial charge in [-0.25, -0.2) is 0 Å². The van der Waals surface area contributed by atoms with Gasteiger partial charge in [-0.1, -0.05) is 12.1 Å². The Balaban J connectivity index is 2.03. The molecule has 3 nitrogen and oxygen atoms in total. The minimum atomic E-state index is 0.435. The van der Waals surface area contributed by atoms with E-state index in [0.717, 1.165) is 43.1 Å². The Hall–Kier alpha value is -0.930. The summed E-state index contributed by atoms with van der Waals surface area (Å²) in [6, 6.07) is 5.86. The molecule has 0 radical (unpaired) electrons. The third-order valence-electron chi connectivity index (χ3n) is 3.31. The zero-order valence-electron chi connectivity index (χ0n) is 11.4. The van der Waals surface area contributed by atoms with E-state index in [2.05, 4.69) is 0 Å². The molecule has 0 N–H and O–H groups in total. The third-order valence-corrected chi connectivity index (χ3v) is 3.60. The maximum absolute atomic E-state index is 5.99. The molecule has 1 aromatic rings. The molecule has 19 heavy (non-hydrogen) atoms. The van der Waals surface area contributed by atoms with Gasteiger partial charge in [-0.2, -0.15) is 0 Å². The van der Waals surface area contributed by atoms with E-state index < -0.39 is 0 Å². The molecule has 1 heterocycles. The maximum atomic E-state index is 5.99. The zero-order chi connectivity index (χ0) is 13.5. The monoisotopic (exact) mass is 284 g/mol. The van der Waals surface area contributed by atoms with Crippen LogP contribution < -0.4 is 9.47 Å². The standard InChI is InChI=1S/C15H21ClO3/c1-2-18-14-5-3-4-13(10-16)15(14)19-11-12-6-8-17-9-7-12/h3-5,12H,2,6-11H2,1H3. The fourth-order valence-corrected chi connectivity index (χ4v) is 2.42. The highest BCUT2D eigenvalue weighted by molar-refractivity contribution is 6.17. The molecule has 106 valence electrons. The van der Waals surface area contributed by atoms with Crippen LogP contribution in [-0.2, 0) is 10.6 Å². The summed E-state index contributed by atoms with van der Waals surface area (Å²) >= 11 is 5.97. The quantitative estimate of drug-likeness (QED) is 0.747. The molecule has 1 saturated heterocycles. The Morgan fingerprint density at radius 1 is 1.26 bits per heavy atom. The molecule has 1 aromatic carbocycles.